The van der Waals surface area contributed by atoms with E-state index in [2.05, 4.69) is 4.74 Å². The van der Waals surface area contributed by atoms with Crippen LogP contribution in [0.25, 0.3) is 0 Å². The summed E-state index contributed by atoms with van der Waals surface area (Å²) in [6, 6.07) is 0. The van der Waals surface area contributed by atoms with Crippen LogP contribution in [-0.2, 0) is 9.53 Å². The number of carbonyl (C=O) groups is 1. The molecule has 0 amide bonds. The molecule has 0 radical (unpaired) electrons. The van der Waals surface area contributed by atoms with Crippen LogP contribution in [0.5, 0.6) is 0 Å². The second-order valence-corrected chi connectivity index (χ2v) is 6.64. The lowest BCUT2D eigenvalue weighted by molar-refractivity contribution is -0.407. The van der Waals surface area contributed by atoms with Crippen LogP contribution in [0.3, 0.4) is 0 Å². The van der Waals surface area contributed by atoms with Gasteiger partial charge >= 0.3 is 18.3 Å². The predicted molar refractivity (Wildman–Crippen MR) is 73.9 cm³/mol. The molecule has 0 fully saturated rings. The van der Waals surface area contributed by atoms with Gasteiger partial charge in [0, 0.05) is 4.43 Å². The summed E-state index contributed by atoms with van der Waals surface area (Å²) in [5, 5.41) is 9.18. The smallest absolute Gasteiger partial charge is 0.430 e. The van der Waals surface area contributed by atoms with E-state index < -0.39 is 33.4 Å². The minimum atomic E-state index is -6.06. The Kier molecular flexibility index (Phi) is 6.45. The van der Waals surface area contributed by atoms with Crippen molar-refractivity contribution >= 4 is 51.2 Å². The van der Waals surface area contributed by atoms with Gasteiger partial charge in [-0.25, -0.2) is 0 Å². The summed E-state index contributed by atoms with van der Waals surface area (Å²) >= 11 is 3.23. The van der Waals surface area contributed by atoms with E-state index in [0.29, 0.717) is 13.8 Å². The maximum absolute atomic E-state index is 12.7. The molecule has 0 aliphatic heterocycles. The largest absolute Gasteiger partial charge is 0.455 e. The maximum atomic E-state index is 12.7. The molecule has 1 N–H and O–H groups in total. The lowest BCUT2D eigenvalue weighted by Gasteiger charge is -2.43. The van der Waals surface area contributed by atoms with Crippen molar-refractivity contribution in [3.05, 3.63) is 0 Å². The fourth-order valence-electron chi connectivity index (χ4n) is 1.30. The minimum absolute atomic E-state index is 0.129. The Morgan fingerprint density at radius 1 is 1.15 bits per heavy atom. The number of halogens is 8. The van der Waals surface area contributed by atoms with Gasteiger partial charge < -0.3 is 9.84 Å². The molecule has 20 heavy (non-hydrogen) atoms. The third-order valence-corrected chi connectivity index (χ3v) is 5.95. The fourth-order valence-corrected chi connectivity index (χ4v) is 1.78. The van der Waals surface area contributed by atoms with E-state index in [1.807, 2.05) is 0 Å². The number of aliphatic hydroxyl groups is 1. The standard InChI is InChI=1S/C9H10F6I2O3/c1-6(2,20-5(18)4(17)3-16)7(19,8(10,11)12)9(13,14)15/h4,19H,3H2,1-2H3. The Labute approximate surface area is 137 Å². The highest BCUT2D eigenvalue weighted by molar-refractivity contribution is 14.1. The quantitative estimate of drug-likeness (QED) is 0.261. The van der Waals surface area contributed by atoms with Crippen LogP contribution >= 0.6 is 45.2 Å². The second kappa shape index (κ2) is 6.30. The molecule has 1 unspecified atom stereocenters. The molecule has 0 saturated heterocycles. The molecule has 11 heteroatoms. The third kappa shape index (κ3) is 3.81. The number of hydrogen-bond donors (Lipinski definition) is 1. The molecule has 0 aromatic rings. The third-order valence-electron chi connectivity index (χ3n) is 2.44. The first kappa shape index (κ1) is 20.5. The highest BCUT2D eigenvalue weighted by Gasteiger charge is 2.78. The van der Waals surface area contributed by atoms with Crippen LogP contribution in [0.15, 0.2) is 0 Å². The molecular weight excluding hydrogens is 524 g/mol. The molecule has 0 spiro atoms. The highest BCUT2D eigenvalue weighted by Crippen LogP contribution is 2.50. The highest BCUT2D eigenvalue weighted by atomic mass is 127. The van der Waals surface area contributed by atoms with Crippen LogP contribution < -0.4 is 0 Å². The number of alkyl halides is 8. The van der Waals surface area contributed by atoms with Crippen LogP contribution in [0.4, 0.5) is 26.3 Å². The first-order valence-electron chi connectivity index (χ1n) is 4.90. The van der Waals surface area contributed by atoms with Crippen molar-refractivity contribution in [1.29, 1.82) is 0 Å². The average molecular weight is 534 g/mol. The molecule has 1 atom stereocenters. The first-order valence-corrected chi connectivity index (χ1v) is 7.67. The Morgan fingerprint density at radius 3 is 1.75 bits per heavy atom. The zero-order valence-electron chi connectivity index (χ0n) is 10.1. The summed E-state index contributed by atoms with van der Waals surface area (Å²) in [5.74, 6) is -1.27. The first-order chi connectivity index (χ1) is 8.62. The molecule has 0 bridgehead atoms. The predicted octanol–water partition coefficient (Wildman–Crippen LogP) is 3.40. The lowest BCUT2D eigenvalue weighted by atomic mass is 9.84. The van der Waals surface area contributed by atoms with Crippen molar-refractivity contribution in [3.63, 3.8) is 0 Å². The maximum Gasteiger partial charge on any atom is 0.430 e. The SMILES string of the molecule is CC(C)(OC(=O)C(I)CI)C(O)(C(F)(F)F)C(F)(F)F. The van der Waals surface area contributed by atoms with Gasteiger partial charge in [0.05, 0.1) is 0 Å². The van der Waals surface area contributed by atoms with Crippen molar-refractivity contribution in [1.82, 2.24) is 0 Å². The Bertz CT molecular complexity index is 352. The molecule has 0 heterocycles. The van der Waals surface area contributed by atoms with E-state index in [1.165, 1.54) is 22.6 Å². The van der Waals surface area contributed by atoms with E-state index in [1.54, 1.807) is 22.6 Å². The molecule has 120 valence electrons. The van der Waals surface area contributed by atoms with Crippen LogP contribution in [0, 0.1) is 0 Å². The topological polar surface area (TPSA) is 46.5 Å². The second-order valence-electron chi connectivity index (χ2n) is 4.26. The zero-order chi connectivity index (χ0) is 16.6. The monoisotopic (exact) mass is 534 g/mol. The Morgan fingerprint density at radius 2 is 1.50 bits per heavy atom. The number of ether oxygens (including phenoxy) is 1. The number of esters is 1. The normalized spacial score (nSPS) is 15.9. The van der Waals surface area contributed by atoms with E-state index in [0.717, 1.165) is 0 Å². The van der Waals surface area contributed by atoms with Gasteiger partial charge in [-0.2, -0.15) is 26.3 Å². The summed E-state index contributed by atoms with van der Waals surface area (Å²) in [6.45, 7) is 0.727. The summed E-state index contributed by atoms with van der Waals surface area (Å²) in [4.78, 5) is 11.4. The summed E-state index contributed by atoms with van der Waals surface area (Å²) in [5.41, 5.74) is -8.39. The van der Waals surface area contributed by atoms with Crippen molar-refractivity contribution in [2.24, 2.45) is 0 Å². The molecular formula is C9H10F6I2O3. The molecule has 0 saturated carbocycles. The van der Waals surface area contributed by atoms with Gasteiger partial charge in [0.1, 0.15) is 3.92 Å². The molecule has 3 nitrogen and oxygen atoms in total. The van der Waals surface area contributed by atoms with Gasteiger partial charge in [-0.05, 0) is 13.8 Å². The van der Waals surface area contributed by atoms with Crippen molar-refractivity contribution in [3.8, 4) is 0 Å². The lowest BCUT2D eigenvalue weighted by Crippen LogP contribution is -2.70. The minimum Gasteiger partial charge on any atom is -0.455 e. The molecule has 0 rings (SSSR count). The summed E-state index contributed by atoms with van der Waals surface area (Å²) in [6.07, 6.45) is -12.1. The molecule has 0 aromatic carbocycles. The molecule has 0 aliphatic carbocycles. The van der Waals surface area contributed by atoms with E-state index in [9.17, 15) is 36.2 Å². The summed E-state index contributed by atoms with van der Waals surface area (Å²) < 4.78 is 79.5. The van der Waals surface area contributed by atoms with Crippen molar-refractivity contribution in [2.75, 3.05) is 4.43 Å². The van der Waals surface area contributed by atoms with Gasteiger partial charge in [-0.1, -0.05) is 45.2 Å². The van der Waals surface area contributed by atoms with Gasteiger partial charge in [-0.15, -0.1) is 0 Å². The number of hydrogen-bond acceptors (Lipinski definition) is 3. The van der Waals surface area contributed by atoms with Crippen LogP contribution in [0.2, 0.25) is 0 Å². The summed E-state index contributed by atoms with van der Waals surface area (Å²) in [7, 11) is 0. The van der Waals surface area contributed by atoms with Gasteiger partial charge in [0.15, 0.2) is 5.60 Å². The van der Waals surface area contributed by atoms with E-state index >= 15 is 0 Å². The van der Waals surface area contributed by atoms with Crippen LogP contribution in [-0.4, -0.2) is 43.0 Å². The van der Waals surface area contributed by atoms with Gasteiger partial charge in [-0.3, -0.25) is 4.79 Å². The average Bonchev–Trinajstić information content (AvgIpc) is 2.22. The van der Waals surface area contributed by atoms with Crippen LogP contribution in [0.1, 0.15) is 13.8 Å². The molecule has 0 aliphatic rings. The zero-order valence-corrected chi connectivity index (χ0v) is 14.4. The van der Waals surface area contributed by atoms with E-state index in [4.69, 9.17) is 0 Å². The van der Waals surface area contributed by atoms with Crippen molar-refractivity contribution in [2.45, 2.75) is 41.3 Å². The fraction of sp³-hybridized carbons (Fsp3) is 0.889. The Hall–Kier alpha value is 0.470. The van der Waals surface area contributed by atoms with Gasteiger partial charge in [0.25, 0.3) is 5.60 Å². The number of carbonyl (C=O) groups excluding carboxylic acids is 1. The Balaban J connectivity index is 5.66. The van der Waals surface area contributed by atoms with E-state index in [-0.39, 0.29) is 4.43 Å². The molecule has 0 aromatic heterocycles. The number of rotatable bonds is 4. The van der Waals surface area contributed by atoms with Crippen molar-refractivity contribution < 1.29 is 41.0 Å². The van der Waals surface area contributed by atoms with Gasteiger partial charge in [0.2, 0.25) is 0 Å².